The molecule has 15 N–H and O–H groups in total. The normalized spacial score (nSPS) is 15.1. The highest BCUT2D eigenvalue weighted by Gasteiger charge is 2.30. The fourth-order valence-electron chi connectivity index (χ4n) is 1.51. The SMILES string of the molecule is C[C@H](N)C(=O)O[C@H](C)[C@H](N)C(=O)O[C@H](C)[C@H](N)C(=O)O.NC(=O)CC[C@H](N)C(=O)O.NCC(=O)O. The third-order valence-corrected chi connectivity index (χ3v) is 3.74. The lowest BCUT2D eigenvalue weighted by molar-refractivity contribution is -0.161. The number of esters is 2. The zero-order valence-electron chi connectivity index (χ0n) is 19.7. The molecule has 0 spiro atoms. The first-order chi connectivity index (χ1) is 15.9. The number of carboxylic acids is 3. The smallest absolute Gasteiger partial charge is 0.327 e. The molecular weight excluding hydrogens is 476 g/mol. The van der Waals surface area contributed by atoms with Crippen molar-refractivity contribution in [2.24, 2.45) is 34.4 Å². The minimum atomic E-state index is -1.37. The van der Waals surface area contributed by atoms with E-state index in [1.165, 1.54) is 20.8 Å². The van der Waals surface area contributed by atoms with Gasteiger partial charge in [0.25, 0.3) is 0 Å². The molecule has 0 aromatic heterocycles. The van der Waals surface area contributed by atoms with Crippen molar-refractivity contribution in [3.63, 3.8) is 0 Å². The van der Waals surface area contributed by atoms with Crippen LogP contribution in [0.15, 0.2) is 0 Å². The number of hydrogen-bond acceptors (Lipinski definition) is 13. The Kier molecular flexibility index (Phi) is 19.6. The number of nitrogens with two attached hydrogens (primary N) is 6. The zero-order chi connectivity index (χ0) is 28.5. The molecule has 0 unspecified atom stereocenters. The summed E-state index contributed by atoms with van der Waals surface area (Å²) in [5.74, 6) is -5.55. The Bertz CT molecular complexity index is 719. The van der Waals surface area contributed by atoms with Crippen LogP contribution in [0.4, 0.5) is 0 Å². The second kappa shape index (κ2) is 19.0. The van der Waals surface area contributed by atoms with Crippen LogP contribution in [0.3, 0.4) is 0 Å². The molecule has 0 saturated heterocycles. The first-order valence-corrected chi connectivity index (χ1v) is 9.97. The lowest BCUT2D eigenvalue weighted by atomic mass is 10.1. The number of amides is 1. The quantitative estimate of drug-likeness (QED) is 0.111. The van der Waals surface area contributed by atoms with Gasteiger partial charge in [0, 0.05) is 6.42 Å². The van der Waals surface area contributed by atoms with Gasteiger partial charge in [0.15, 0.2) is 0 Å². The molecule has 0 aliphatic carbocycles. The van der Waals surface area contributed by atoms with E-state index < -0.39 is 72.1 Å². The van der Waals surface area contributed by atoms with Gasteiger partial charge in [0.1, 0.15) is 36.4 Å². The molecule has 17 nitrogen and oxygen atoms in total. The molecule has 0 bridgehead atoms. The highest BCUT2D eigenvalue weighted by molar-refractivity contribution is 5.80. The summed E-state index contributed by atoms with van der Waals surface area (Å²) in [4.78, 5) is 62.9. The molecule has 0 aromatic rings. The molecule has 1 amide bonds. The van der Waals surface area contributed by atoms with Crippen molar-refractivity contribution in [1.29, 1.82) is 0 Å². The van der Waals surface area contributed by atoms with Gasteiger partial charge in [0.05, 0.1) is 6.54 Å². The second-order valence-corrected chi connectivity index (χ2v) is 7.01. The zero-order valence-corrected chi connectivity index (χ0v) is 19.7. The molecule has 0 aromatic carbocycles. The van der Waals surface area contributed by atoms with Crippen LogP contribution in [-0.2, 0) is 38.2 Å². The Hall–Kier alpha value is -3.38. The fourth-order valence-corrected chi connectivity index (χ4v) is 1.51. The second-order valence-electron chi connectivity index (χ2n) is 7.01. The highest BCUT2D eigenvalue weighted by atomic mass is 16.6. The van der Waals surface area contributed by atoms with E-state index in [2.05, 4.69) is 5.73 Å². The number of carbonyl (C=O) groups excluding carboxylic acids is 3. The van der Waals surface area contributed by atoms with Gasteiger partial charge in [-0.2, -0.15) is 0 Å². The van der Waals surface area contributed by atoms with Gasteiger partial charge in [-0.3, -0.25) is 28.8 Å². The summed E-state index contributed by atoms with van der Waals surface area (Å²) in [6.07, 6.45) is -1.91. The fraction of sp³-hybridized carbons (Fsp3) is 0.667. The first kappa shape index (κ1) is 36.2. The largest absolute Gasteiger partial charge is 0.480 e. The van der Waals surface area contributed by atoms with Crippen LogP contribution in [0.25, 0.3) is 0 Å². The van der Waals surface area contributed by atoms with Gasteiger partial charge in [0.2, 0.25) is 5.91 Å². The maximum atomic E-state index is 11.7. The van der Waals surface area contributed by atoms with Gasteiger partial charge in [-0.05, 0) is 27.2 Å². The number of rotatable bonds is 12. The van der Waals surface area contributed by atoms with E-state index in [0.29, 0.717) is 0 Å². The Morgan fingerprint density at radius 3 is 1.46 bits per heavy atom. The molecule has 0 aliphatic heterocycles. The van der Waals surface area contributed by atoms with Gasteiger partial charge < -0.3 is 59.2 Å². The van der Waals surface area contributed by atoms with Crippen LogP contribution in [0, 0.1) is 0 Å². The summed E-state index contributed by atoms with van der Waals surface area (Å²) in [6, 6.07) is -4.46. The average molecular weight is 513 g/mol. The van der Waals surface area contributed by atoms with Gasteiger partial charge in [-0.25, -0.2) is 0 Å². The monoisotopic (exact) mass is 512 g/mol. The maximum Gasteiger partial charge on any atom is 0.327 e. The van der Waals surface area contributed by atoms with Crippen LogP contribution in [0.2, 0.25) is 0 Å². The van der Waals surface area contributed by atoms with E-state index in [-0.39, 0.29) is 19.4 Å². The molecule has 0 aliphatic rings. The minimum Gasteiger partial charge on any atom is -0.480 e. The first-order valence-electron chi connectivity index (χ1n) is 9.97. The van der Waals surface area contributed by atoms with Crippen LogP contribution < -0.4 is 34.4 Å². The summed E-state index contributed by atoms with van der Waals surface area (Å²) in [5.41, 5.74) is 30.5. The van der Waals surface area contributed by atoms with E-state index >= 15 is 0 Å². The summed E-state index contributed by atoms with van der Waals surface area (Å²) in [7, 11) is 0. The third kappa shape index (κ3) is 19.8. The molecule has 204 valence electrons. The molecule has 6 atom stereocenters. The Morgan fingerprint density at radius 2 is 1.14 bits per heavy atom. The predicted molar refractivity (Wildman–Crippen MR) is 119 cm³/mol. The van der Waals surface area contributed by atoms with Crippen LogP contribution in [0.5, 0.6) is 0 Å². The Morgan fingerprint density at radius 1 is 0.743 bits per heavy atom. The van der Waals surface area contributed by atoms with E-state index in [1.807, 2.05) is 0 Å². The summed E-state index contributed by atoms with van der Waals surface area (Å²) in [6.45, 7) is 3.86. The summed E-state index contributed by atoms with van der Waals surface area (Å²) >= 11 is 0. The van der Waals surface area contributed by atoms with E-state index in [1.54, 1.807) is 0 Å². The van der Waals surface area contributed by atoms with Crippen molar-refractivity contribution in [3.8, 4) is 0 Å². The standard InChI is InChI=1S/C11H21N3O6.C5H10N2O3.C2H5NO2/c1-4(12)10(17)19-6(3)8(14)11(18)20-5(2)7(13)9(15)16;6-3(5(9)10)1-2-4(7)8;3-1-2(4)5/h4-8H,12-14H2,1-3H3,(H,15,16);3H,1-2,6H2,(H2,7,8)(H,9,10);1,3H2,(H,4,5)/t4-,5+,6+,7-,8-;3-;/m00./s1. The number of ether oxygens (including phenoxy) is 2. The van der Waals surface area contributed by atoms with E-state index in [4.69, 9.17) is 53.5 Å². The summed E-state index contributed by atoms with van der Waals surface area (Å²) < 4.78 is 9.65. The van der Waals surface area contributed by atoms with Crippen molar-refractivity contribution < 1.29 is 53.6 Å². The average Bonchev–Trinajstić information content (AvgIpc) is 2.76. The lowest BCUT2D eigenvalue weighted by Gasteiger charge is -2.23. The van der Waals surface area contributed by atoms with E-state index in [9.17, 15) is 28.8 Å². The third-order valence-electron chi connectivity index (χ3n) is 3.74. The molecule has 0 fully saturated rings. The van der Waals surface area contributed by atoms with Gasteiger partial charge >= 0.3 is 29.8 Å². The van der Waals surface area contributed by atoms with Crippen LogP contribution >= 0.6 is 0 Å². The molecule has 0 radical (unpaired) electrons. The van der Waals surface area contributed by atoms with E-state index in [0.717, 1.165) is 0 Å². The van der Waals surface area contributed by atoms with Crippen molar-refractivity contribution in [2.75, 3.05) is 6.54 Å². The number of hydrogen-bond donors (Lipinski definition) is 9. The molecule has 35 heavy (non-hydrogen) atoms. The Balaban J connectivity index is -0.000000563. The topological polar surface area (TPSA) is 338 Å². The van der Waals surface area contributed by atoms with Crippen LogP contribution in [0.1, 0.15) is 33.6 Å². The number of primary amides is 1. The molecule has 0 rings (SSSR count). The Labute approximate surface area is 201 Å². The van der Waals surface area contributed by atoms with Crippen molar-refractivity contribution in [2.45, 2.75) is 70.0 Å². The minimum absolute atomic E-state index is 0.0213. The predicted octanol–water partition coefficient (Wildman–Crippen LogP) is -4.37. The highest BCUT2D eigenvalue weighted by Crippen LogP contribution is 2.05. The van der Waals surface area contributed by atoms with Crippen LogP contribution in [-0.4, -0.2) is 94.0 Å². The van der Waals surface area contributed by atoms with Crippen molar-refractivity contribution in [1.82, 2.24) is 0 Å². The van der Waals surface area contributed by atoms with Crippen molar-refractivity contribution >= 4 is 35.8 Å². The number of carbonyl (C=O) groups is 6. The molecule has 17 heteroatoms. The lowest BCUT2D eigenvalue weighted by Crippen LogP contribution is -2.49. The molecule has 0 saturated carbocycles. The summed E-state index contributed by atoms with van der Waals surface area (Å²) in [5, 5.41) is 24.5. The number of aliphatic carboxylic acids is 3. The maximum absolute atomic E-state index is 11.7. The van der Waals surface area contributed by atoms with Crippen molar-refractivity contribution in [3.05, 3.63) is 0 Å². The number of carboxylic acid groups (broad SMARTS) is 3. The molecular formula is C18H36N6O11. The van der Waals surface area contributed by atoms with Gasteiger partial charge in [-0.1, -0.05) is 0 Å². The van der Waals surface area contributed by atoms with Gasteiger partial charge in [-0.15, -0.1) is 0 Å². The molecule has 0 heterocycles.